The molecule has 2 amide bonds. The lowest BCUT2D eigenvalue weighted by Crippen LogP contribution is -2.34. The van der Waals surface area contributed by atoms with Gasteiger partial charge in [0.05, 0.1) is 18.5 Å². The fourth-order valence-electron chi connectivity index (χ4n) is 3.51. The smallest absolute Gasteiger partial charge is 0.229 e. The molecule has 0 bridgehead atoms. The van der Waals surface area contributed by atoms with Gasteiger partial charge < -0.3 is 10.1 Å². The number of para-hydroxylation sites is 1. The third-order valence-corrected chi connectivity index (χ3v) is 5.07. The standard InChI is InChI=1S/C21H22N4O3/c1-28-16-8-6-14(7-9-16)10-11-22-21(27)15-12-19(26)25(13-15)20-17-4-2-3-5-18(17)23-24-20/h2-9,15H,10-13H2,1H3,(H,22,27)(H,23,24)/t15-/m0/s1. The average Bonchev–Trinajstić information content (AvgIpc) is 3.31. The van der Waals surface area contributed by atoms with Gasteiger partial charge in [-0.1, -0.05) is 24.3 Å². The molecule has 2 heterocycles. The molecule has 2 N–H and O–H groups in total. The summed E-state index contributed by atoms with van der Waals surface area (Å²) < 4.78 is 5.14. The number of benzene rings is 2. The van der Waals surface area contributed by atoms with E-state index < -0.39 is 0 Å². The van der Waals surface area contributed by atoms with Crippen molar-refractivity contribution < 1.29 is 14.3 Å². The zero-order valence-corrected chi connectivity index (χ0v) is 15.6. The summed E-state index contributed by atoms with van der Waals surface area (Å²) in [4.78, 5) is 26.6. The molecule has 4 rings (SSSR count). The van der Waals surface area contributed by atoms with Crippen LogP contribution in [-0.4, -0.2) is 42.2 Å². The van der Waals surface area contributed by atoms with E-state index in [9.17, 15) is 9.59 Å². The molecule has 1 aliphatic heterocycles. The highest BCUT2D eigenvalue weighted by atomic mass is 16.5. The van der Waals surface area contributed by atoms with Crippen molar-refractivity contribution in [2.45, 2.75) is 12.8 Å². The lowest BCUT2D eigenvalue weighted by atomic mass is 10.1. The van der Waals surface area contributed by atoms with Gasteiger partial charge in [-0.2, -0.15) is 5.10 Å². The summed E-state index contributed by atoms with van der Waals surface area (Å²) in [6.07, 6.45) is 0.930. The number of aromatic amines is 1. The summed E-state index contributed by atoms with van der Waals surface area (Å²) in [5, 5.41) is 11.0. The summed E-state index contributed by atoms with van der Waals surface area (Å²) >= 11 is 0. The molecule has 1 aliphatic rings. The molecule has 0 unspecified atom stereocenters. The summed E-state index contributed by atoms with van der Waals surface area (Å²) in [6, 6.07) is 15.4. The summed E-state index contributed by atoms with van der Waals surface area (Å²) in [6.45, 7) is 0.878. The van der Waals surface area contributed by atoms with Crippen LogP contribution in [-0.2, 0) is 16.0 Å². The van der Waals surface area contributed by atoms with E-state index in [0.29, 0.717) is 18.9 Å². The van der Waals surface area contributed by atoms with Gasteiger partial charge in [0.2, 0.25) is 11.8 Å². The van der Waals surface area contributed by atoms with Gasteiger partial charge in [-0.3, -0.25) is 19.6 Å². The van der Waals surface area contributed by atoms with Crippen molar-refractivity contribution >= 4 is 28.5 Å². The van der Waals surface area contributed by atoms with E-state index in [1.54, 1.807) is 12.0 Å². The van der Waals surface area contributed by atoms with E-state index in [2.05, 4.69) is 15.5 Å². The SMILES string of the molecule is COc1ccc(CCNC(=O)[C@H]2CC(=O)N(c3n[nH]c4ccccc34)C2)cc1. The lowest BCUT2D eigenvalue weighted by molar-refractivity contribution is -0.126. The Morgan fingerprint density at radius 2 is 2.04 bits per heavy atom. The first-order chi connectivity index (χ1) is 13.7. The van der Waals surface area contributed by atoms with Crippen LogP contribution < -0.4 is 15.0 Å². The molecular formula is C21H22N4O3. The van der Waals surface area contributed by atoms with Crippen LogP contribution in [0.5, 0.6) is 5.75 Å². The number of carbonyl (C=O) groups excluding carboxylic acids is 2. The molecule has 7 heteroatoms. The Balaban J connectivity index is 1.35. The number of fused-ring (bicyclic) bond motifs is 1. The highest BCUT2D eigenvalue weighted by molar-refractivity contribution is 6.05. The topological polar surface area (TPSA) is 87.3 Å². The first-order valence-corrected chi connectivity index (χ1v) is 9.30. The third-order valence-electron chi connectivity index (χ3n) is 5.07. The van der Waals surface area contributed by atoms with Crippen molar-refractivity contribution in [3.05, 3.63) is 54.1 Å². The maximum atomic E-state index is 12.5. The molecule has 0 saturated carbocycles. The highest BCUT2D eigenvalue weighted by Gasteiger charge is 2.36. The van der Waals surface area contributed by atoms with Gasteiger partial charge in [0, 0.05) is 24.9 Å². The largest absolute Gasteiger partial charge is 0.497 e. The number of nitrogens with one attached hydrogen (secondary N) is 2. The number of rotatable bonds is 6. The maximum Gasteiger partial charge on any atom is 0.229 e. The summed E-state index contributed by atoms with van der Waals surface area (Å²) in [5.41, 5.74) is 1.99. The quantitative estimate of drug-likeness (QED) is 0.689. The molecule has 1 fully saturated rings. The van der Waals surface area contributed by atoms with E-state index in [-0.39, 0.29) is 24.2 Å². The van der Waals surface area contributed by atoms with Gasteiger partial charge in [0.15, 0.2) is 5.82 Å². The molecule has 28 heavy (non-hydrogen) atoms. The van der Waals surface area contributed by atoms with Gasteiger partial charge >= 0.3 is 0 Å². The van der Waals surface area contributed by atoms with Crippen LogP contribution >= 0.6 is 0 Å². The second-order valence-electron chi connectivity index (χ2n) is 6.89. The third kappa shape index (κ3) is 3.55. The average molecular weight is 378 g/mol. The molecule has 1 saturated heterocycles. The van der Waals surface area contributed by atoms with Crippen LogP contribution in [0.4, 0.5) is 5.82 Å². The van der Waals surface area contributed by atoms with E-state index in [0.717, 1.165) is 28.6 Å². The number of carbonyl (C=O) groups is 2. The maximum absolute atomic E-state index is 12.5. The molecule has 2 aromatic carbocycles. The molecule has 7 nitrogen and oxygen atoms in total. The van der Waals surface area contributed by atoms with Crippen molar-refractivity contribution in [2.24, 2.45) is 5.92 Å². The zero-order valence-electron chi connectivity index (χ0n) is 15.6. The van der Waals surface area contributed by atoms with Crippen molar-refractivity contribution in [1.29, 1.82) is 0 Å². The Kier molecular flexibility index (Phi) is 4.97. The number of aromatic nitrogens is 2. The number of ether oxygens (including phenoxy) is 1. The normalized spacial score (nSPS) is 16.5. The Hall–Kier alpha value is -3.35. The number of anilines is 1. The van der Waals surface area contributed by atoms with E-state index in [4.69, 9.17) is 4.74 Å². The number of amides is 2. The van der Waals surface area contributed by atoms with Gasteiger partial charge in [-0.05, 0) is 36.2 Å². The van der Waals surface area contributed by atoms with E-state index in [1.807, 2.05) is 48.5 Å². The predicted molar refractivity (Wildman–Crippen MR) is 106 cm³/mol. The molecule has 0 spiro atoms. The summed E-state index contributed by atoms with van der Waals surface area (Å²) in [7, 11) is 1.63. The number of H-pyrrole nitrogens is 1. The van der Waals surface area contributed by atoms with Crippen molar-refractivity contribution in [3.63, 3.8) is 0 Å². The van der Waals surface area contributed by atoms with Gasteiger partial charge in [-0.25, -0.2) is 0 Å². The monoisotopic (exact) mass is 378 g/mol. The van der Waals surface area contributed by atoms with Crippen LogP contribution in [0.15, 0.2) is 48.5 Å². The molecule has 0 aliphatic carbocycles. The van der Waals surface area contributed by atoms with Crippen LogP contribution in [0.25, 0.3) is 10.9 Å². The minimum absolute atomic E-state index is 0.0763. The first-order valence-electron chi connectivity index (χ1n) is 9.30. The molecular weight excluding hydrogens is 356 g/mol. The van der Waals surface area contributed by atoms with Crippen LogP contribution in [0.3, 0.4) is 0 Å². The van der Waals surface area contributed by atoms with Crippen molar-refractivity contribution in [3.8, 4) is 5.75 Å². The molecule has 144 valence electrons. The number of hydrogen-bond acceptors (Lipinski definition) is 4. The Labute approximate surface area is 162 Å². The Morgan fingerprint density at radius 1 is 1.25 bits per heavy atom. The number of methoxy groups -OCH3 is 1. The van der Waals surface area contributed by atoms with E-state index >= 15 is 0 Å². The second kappa shape index (κ2) is 7.72. The Morgan fingerprint density at radius 3 is 2.82 bits per heavy atom. The van der Waals surface area contributed by atoms with Crippen LogP contribution in [0.1, 0.15) is 12.0 Å². The van der Waals surface area contributed by atoms with Gasteiger partial charge in [0.25, 0.3) is 0 Å². The van der Waals surface area contributed by atoms with Crippen LogP contribution in [0.2, 0.25) is 0 Å². The molecule has 3 aromatic rings. The molecule has 0 radical (unpaired) electrons. The first kappa shape index (κ1) is 18.0. The minimum atomic E-state index is -0.362. The van der Waals surface area contributed by atoms with Crippen molar-refractivity contribution in [2.75, 3.05) is 25.1 Å². The predicted octanol–water partition coefficient (Wildman–Crippen LogP) is 2.28. The highest BCUT2D eigenvalue weighted by Crippen LogP contribution is 2.29. The van der Waals surface area contributed by atoms with Gasteiger partial charge in [0.1, 0.15) is 5.75 Å². The molecule has 1 atom stereocenters. The van der Waals surface area contributed by atoms with Crippen LogP contribution in [0, 0.1) is 5.92 Å². The lowest BCUT2D eigenvalue weighted by Gasteiger charge is -2.14. The van der Waals surface area contributed by atoms with E-state index in [1.165, 1.54) is 0 Å². The fraction of sp³-hybridized carbons (Fsp3) is 0.286. The fourth-order valence-corrected chi connectivity index (χ4v) is 3.51. The number of hydrogen-bond donors (Lipinski definition) is 2. The minimum Gasteiger partial charge on any atom is -0.497 e. The second-order valence-corrected chi connectivity index (χ2v) is 6.89. The Bertz CT molecular complexity index is 996. The number of nitrogens with zero attached hydrogens (tertiary/aromatic N) is 2. The molecule has 1 aromatic heterocycles. The van der Waals surface area contributed by atoms with Crippen molar-refractivity contribution in [1.82, 2.24) is 15.5 Å². The zero-order chi connectivity index (χ0) is 19.5. The summed E-state index contributed by atoms with van der Waals surface area (Å²) in [5.74, 6) is 0.868. The van der Waals surface area contributed by atoms with Gasteiger partial charge in [-0.15, -0.1) is 0 Å².